The quantitative estimate of drug-likeness (QED) is 0.374. The zero-order valence-corrected chi connectivity index (χ0v) is 22.9. The number of methoxy groups -OCH3 is 1. The normalized spacial score (nSPS) is 16.1. The molecule has 0 unspecified atom stereocenters. The Morgan fingerprint density at radius 1 is 1.21 bits per heavy atom. The van der Waals surface area contributed by atoms with E-state index in [1.54, 1.807) is 19.4 Å². The molecule has 0 atom stereocenters. The minimum atomic E-state index is -0.275. The first-order chi connectivity index (χ1) is 18.3. The maximum atomic E-state index is 12.2. The molecular formula is C27H39N7O4. The van der Waals surface area contributed by atoms with E-state index in [9.17, 15) is 4.79 Å². The molecule has 11 nitrogen and oxygen atoms in total. The fraction of sp³-hybridized carbons (Fsp3) is 0.481. The summed E-state index contributed by atoms with van der Waals surface area (Å²) in [4.78, 5) is 36.6. The molecule has 38 heavy (non-hydrogen) atoms. The Kier molecular flexibility index (Phi) is 10.4. The van der Waals surface area contributed by atoms with E-state index in [2.05, 4.69) is 63.0 Å². The van der Waals surface area contributed by atoms with Crippen LogP contribution in [-0.2, 0) is 9.59 Å². The minimum Gasteiger partial charge on any atom is -0.494 e. The Balaban J connectivity index is 0.00000127. The van der Waals surface area contributed by atoms with E-state index >= 15 is 0 Å². The molecule has 0 radical (unpaired) electrons. The predicted octanol–water partition coefficient (Wildman–Crippen LogP) is 2.78. The number of aldehydes is 1. The van der Waals surface area contributed by atoms with Crippen LogP contribution in [0.3, 0.4) is 0 Å². The standard InChI is InChI=1S/C25H35N7O3.C2H4O/c1-6-23(33)27-19-13-20(28-25-26-10-7-24(29-25)35-18-15-31(4)16-18)22(34-5)14-21(19)32-11-8-17(9-12-32)30(2)3;1-2-3/h6-7,10,13-14,17-18H,1,8-9,11-12,15-16H2,2-5H3,(H,27,33)(H,26,28,29);2H,1H3. The summed E-state index contributed by atoms with van der Waals surface area (Å²) < 4.78 is 11.6. The lowest BCUT2D eigenvalue weighted by Crippen LogP contribution is -2.51. The van der Waals surface area contributed by atoms with Gasteiger partial charge in [0.2, 0.25) is 17.7 Å². The summed E-state index contributed by atoms with van der Waals surface area (Å²) in [7, 11) is 7.91. The van der Waals surface area contributed by atoms with Crippen molar-refractivity contribution in [2.75, 3.05) is 70.0 Å². The van der Waals surface area contributed by atoms with Crippen LogP contribution in [0.1, 0.15) is 19.8 Å². The molecule has 2 aromatic rings. The Morgan fingerprint density at radius 3 is 2.47 bits per heavy atom. The van der Waals surface area contributed by atoms with Gasteiger partial charge in [-0.15, -0.1) is 0 Å². The second-order valence-corrected chi connectivity index (χ2v) is 9.49. The van der Waals surface area contributed by atoms with E-state index in [-0.39, 0.29) is 12.0 Å². The van der Waals surface area contributed by atoms with Crippen molar-refractivity contribution in [2.24, 2.45) is 0 Å². The third kappa shape index (κ3) is 7.65. The third-order valence-corrected chi connectivity index (χ3v) is 6.49. The highest BCUT2D eigenvalue weighted by Crippen LogP contribution is 2.39. The summed E-state index contributed by atoms with van der Waals surface area (Å²) in [5.74, 6) is 1.25. The first-order valence-corrected chi connectivity index (χ1v) is 12.7. The predicted molar refractivity (Wildman–Crippen MR) is 150 cm³/mol. The van der Waals surface area contributed by atoms with Gasteiger partial charge in [0, 0.05) is 50.6 Å². The minimum absolute atomic E-state index is 0.133. The number of piperidine rings is 1. The third-order valence-electron chi connectivity index (χ3n) is 6.49. The van der Waals surface area contributed by atoms with E-state index in [0.717, 1.165) is 51.0 Å². The van der Waals surface area contributed by atoms with Gasteiger partial charge in [-0.05, 0) is 53.1 Å². The maximum absolute atomic E-state index is 12.2. The summed E-state index contributed by atoms with van der Waals surface area (Å²) >= 11 is 0. The molecule has 0 bridgehead atoms. The fourth-order valence-electron chi connectivity index (χ4n) is 4.48. The van der Waals surface area contributed by atoms with Crippen LogP contribution in [0.4, 0.5) is 23.0 Å². The molecule has 1 aromatic heterocycles. The lowest BCUT2D eigenvalue weighted by atomic mass is 10.0. The second-order valence-electron chi connectivity index (χ2n) is 9.49. The number of ether oxygens (including phenoxy) is 2. The van der Waals surface area contributed by atoms with Gasteiger partial charge in [-0.2, -0.15) is 4.98 Å². The summed E-state index contributed by atoms with van der Waals surface area (Å²) in [6.45, 7) is 8.56. The van der Waals surface area contributed by atoms with Gasteiger partial charge in [0.1, 0.15) is 18.1 Å². The molecule has 2 fully saturated rings. The number of carbonyl (C=O) groups is 2. The highest BCUT2D eigenvalue weighted by atomic mass is 16.5. The first-order valence-electron chi connectivity index (χ1n) is 12.7. The number of nitrogens with one attached hydrogen (secondary N) is 2. The fourth-order valence-corrected chi connectivity index (χ4v) is 4.48. The molecule has 0 spiro atoms. The Labute approximate surface area is 224 Å². The van der Waals surface area contributed by atoms with Crippen LogP contribution in [0.5, 0.6) is 11.6 Å². The zero-order valence-electron chi connectivity index (χ0n) is 22.9. The molecule has 11 heteroatoms. The summed E-state index contributed by atoms with van der Waals surface area (Å²) in [5, 5.41) is 6.18. The van der Waals surface area contributed by atoms with E-state index in [1.165, 1.54) is 13.0 Å². The van der Waals surface area contributed by atoms with Crippen molar-refractivity contribution in [3.8, 4) is 11.6 Å². The number of rotatable bonds is 9. The van der Waals surface area contributed by atoms with Gasteiger partial charge in [-0.1, -0.05) is 6.58 Å². The number of likely N-dealkylation sites (tertiary alicyclic amines) is 1. The van der Waals surface area contributed by atoms with Crippen molar-refractivity contribution in [3.05, 3.63) is 37.1 Å². The molecule has 1 aromatic carbocycles. The SMILES string of the molecule is C=CC(=O)Nc1cc(Nc2nccc(OC3CN(C)C3)n2)c(OC)cc1N1CCC(N(C)C)CC1.CC=O. The van der Waals surface area contributed by atoms with Crippen molar-refractivity contribution in [3.63, 3.8) is 0 Å². The number of carbonyl (C=O) groups excluding carboxylic acids is 2. The van der Waals surface area contributed by atoms with Crippen LogP contribution in [0.25, 0.3) is 0 Å². The number of hydrogen-bond donors (Lipinski definition) is 2. The number of anilines is 4. The lowest BCUT2D eigenvalue weighted by Gasteiger charge is -2.37. The van der Waals surface area contributed by atoms with Gasteiger partial charge < -0.3 is 34.7 Å². The Morgan fingerprint density at radius 2 is 1.89 bits per heavy atom. The van der Waals surface area contributed by atoms with E-state index in [1.807, 2.05) is 12.1 Å². The molecular weight excluding hydrogens is 486 g/mol. The van der Waals surface area contributed by atoms with Crippen LogP contribution >= 0.6 is 0 Å². The number of benzene rings is 1. The van der Waals surface area contributed by atoms with Crippen molar-refractivity contribution < 1.29 is 19.1 Å². The topological polar surface area (TPSA) is 112 Å². The molecule has 0 saturated carbocycles. The highest BCUT2D eigenvalue weighted by molar-refractivity contribution is 6.02. The molecule has 206 valence electrons. The number of hydrogen-bond acceptors (Lipinski definition) is 10. The average molecular weight is 526 g/mol. The van der Waals surface area contributed by atoms with Crippen molar-refractivity contribution in [2.45, 2.75) is 31.9 Å². The maximum Gasteiger partial charge on any atom is 0.247 e. The van der Waals surface area contributed by atoms with Gasteiger partial charge in [-0.25, -0.2) is 4.98 Å². The number of likely N-dealkylation sites (N-methyl/N-ethyl adjacent to an activating group) is 1. The van der Waals surface area contributed by atoms with Gasteiger partial charge >= 0.3 is 0 Å². The van der Waals surface area contributed by atoms with Crippen LogP contribution < -0.4 is 25.0 Å². The van der Waals surface area contributed by atoms with Crippen molar-refractivity contribution in [1.82, 2.24) is 19.8 Å². The molecule has 3 heterocycles. The number of nitrogens with zero attached hydrogens (tertiary/aromatic N) is 5. The number of aromatic nitrogens is 2. The molecule has 2 saturated heterocycles. The number of amides is 1. The van der Waals surface area contributed by atoms with Crippen LogP contribution in [0.15, 0.2) is 37.1 Å². The molecule has 2 aliphatic rings. The molecule has 0 aliphatic carbocycles. The lowest BCUT2D eigenvalue weighted by molar-refractivity contribution is -0.112. The molecule has 1 amide bonds. The Hall–Kier alpha value is -3.70. The van der Waals surface area contributed by atoms with Gasteiger partial charge in [0.05, 0.1) is 24.2 Å². The summed E-state index contributed by atoms with van der Waals surface area (Å²) in [6.07, 6.45) is 5.89. The monoisotopic (exact) mass is 525 g/mol. The van der Waals surface area contributed by atoms with Gasteiger partial charge in [0.25, 0.3) is 0 Å². The zero-order chi connectivity index (χ0) is 27.7. The van der Waals surface area contributed by atoms with Crippen molar-refractivity contribution >= 4 is 35.2 Å². The van der Waals surface area contributed by atoms with Crippen molar-refractivity contribution in [1.29, 1.82) is 0 Å². The first kappa shape index (κ1) is 28.9. The van der Waals surface area contributed by atoms with Crippen LogP contribution in [0, 0.1) is 0 Å². The van der Waals surface area contributed by atoms with Gasteiger partial charge in [0.15, 0.2) is 0 Å². The van der Waals surface area contributed by atoms with Crippen LogP contribution in [-0.4, -0.2) is 98.5 Å². The molecule has 4 rings (SSSR count). The largest absolute Gasteiger partial charge is 0.494 e. The average Bonchev–Trinajstić information content (AvgIpc) is 2.88. The summed E-state index contributed by atoms with van der Waals surface area (Å²) in [6, 6.07) is 6.09. The van der Waals surface area contributed by atoms with E-state index < -0.39 is 0 Å². The molecule has 2 N–H and O–H groups in total. The summed E-state index contributed by atoms with van der Waals surface area (Å²) in [5.41, 5.74) is 2.22. The van der Waals surface area contributed by atoms with E-state index in [4.69, 9.17) is 14.3 Å². The second kappa shape index (κ2) is 13.7. The smallest absolute Gasteiger partial charge is 0.247 e. The van der Waals surface area contributed by atoms with Gasteiger partial charge in [-0.3, -0.25) is 9.69 Å². The van der Waals surface area contributed by atoms with E-state index in [0.29, 0.717) is 35.0 Å². The Bertz CT molecular complexity index is 1100. The molecule has 2 aliphatic heterocycles. The van der Waals surface area contributed by atoms with Crippen LogP contribution in [0.2, 0.25) is 0 Å². The highest BCUT2D eigenvalue weighted by Gasteiger charge is 2.26.